The largest absolute Gasteiger partial charge is 0.508 e. The predicted molar refractivity (Wildman–Crippen MR) is 124 cm³/mol. The van der Waals surface area contributed by atoms with E-state index in [0.29, 0.717) is 50.4 Å². The summed E-state index contributed by atoms with van der Waals surface area (Å²) in [5, 5.41) is 19.4. The molecule has 2 aliphatic rings. The molecule has 9 nitrogen and oxygen atoms in total. The van der Waals surface area contributed by atoms with Gasteiger partial charge in [-0.05, 0) is 54.7 Å². The molecule has 0 spiro atoms. The summed E-state index contributed by atoms with van der Waals surface area (Å²) in [6.45, 7) is 1.79. The first-order valence-corrected chi connectivity index (χ1v) is 11.4. The van der Waals surface area contributed by atoms with Crippen LogP contribution >= 0.6 is 0 Å². The Morgan fingerprint density at radius 2 is 2.00 bits per heavy atom. The quantitative estimate of drug-likeness (QED) is 0.568. The van der Waals surface area contributed by atoms with Crippen LogP contribution in [0, 0.1) is 0 Å². The second kappa shape index (κ2) is 10.8. The molecule has 0 aliphatic carbocycles. The number of likely N-dealkylation sites (tertiary alicyclic amines) is 1. The van der Waals surface area contributed by atoms with Crippen LogP contribution in [-0.4, -0.2) is 66.6 Å². The maximum Gasteiger partial charge on any atom is 0.407 e. The Labute approximate surface area is 198 Å². The van der Waals surface area contributed by atoms with Crippen molar-refractivity contribution in [2.45, 2.75) is 38.0 Å². The van der Waals surface area contributed by atoms with Gasteiger partial charge in [0.2, 0.25) is 0 Å². The SMILES string of the molecule is COCCCN1C(=O)COc2ccc(COC3CCCN(C(=O)O)C3c3ccc(O)cc3)cc21. The van der Waals surface area contributed by atoms with Crippen molar-refractivity contribution in [1.82, 2.24) is 4.90 Å². The van der Waals surface area contributed by atoms with Crippen LogP contribution < -0.4 is 9.64 Å². The van der Waals surface area contributed by atoms with Crippen molar-refractivity contribution in [1.29, 1.82) is 0 Å². The number of nitrogens with zero attached hydrogens (tertiary/aromatic N) is 2. The van der Waals surface area contributed by atoms with Gasteiger partial charge >= 0.3 is 6.09 Å². The third-order valence-corrected chi connectivity index (χ3v) is 6.22. The van der Waals surface area contributed by atoms with Gasteiger partial charge in [0, 0.05) is 26.8 Å². The molecule has 4 rings (SSSR count). The number of carbonyl (C=O) groups is 2. The van der Waals surface area contributed by atoms with Gasteiger partial charge in [-0.2, -0.15) is 0 Å². The fraction of sp³-hybridized carbons (Fsp3) is 0.440. The molecule has 1 saturated heterocycles. The van der Waals surface area contributed by atoms with Crippen LogP contribution in [0.15, 0.2) is 42.5 Å². The van der Waals surface area contributed by atoms with Gasteiger partial charge in [0.15, 0.2) is 6.61 Å². The molecule has 1 fully saturated rings. The standard InChI is InChI=1S/C25H30N2O7/c1-32-13-3-12-26-20-14-17(5-10-21(20)34-16-23(26)29)15-33-22-4-2-11-27(25(30)31)24(22)18-6-8-19(28)9-7-18/h5-10,14,22,24,28H,2-4,11-13,15-16H2,1H3,(H,30,31). The molecule has 0 saturated carbocycles. The van der Waals surface area contributed by atoms with E-state index in [0.717, 1.165) is 11.1 Å². The van der Waals surface area contributed by atoms with Gasteiger partial charge in [0.1, 0.15) is 11.5 Å². The third-order valence-electron chi connectivity index (χ3n) is 6.22. The number of rotatable bonds is 8. The van der Waals surface area contributed by atoms with Gasteiger partial charge in [-0.25, -0.2) is 4.79 Å². The molecule has 2 amide bonds. The highest BCUT2D eigenvalue weighted by molar-refractivity contribution is 5.97. The summed E-state index contributed by atoms with van der Waals surface area (Å²) < 4.78 is 17.0. The number of aromatic hydroxyl groups is 1. The number of carboxylic acid groups (broad SMARTS) is 1. The van der Waals surface area contributed by atoms with Crippen molar-refractivity contribution < 1.29 is 34.0 Å². The van der Waals surface area contributed by atoms with Crippen molar-refractivity contribution in [2.75, 3.05) is 38.3 Å². The second-order valence-electron chi connectivity index (χ2n) is 8.49. The van der Waals surface area contributed by atoms with Gasteiger partial charge in [-0.15, -0.1) is 0 Å². The zero-order valence-electron chi connectivity index (χ0n) is 19.2. The van der Waals surface area contributed by atoms with E-state index in [-0.39, 0.29) is 31.0 Å². The zero-order chi connectivity index (χ0) is 24.1. The number of hydrogen-bond acceptors (Lipinski definition) is 6. The molecule has 0 radical (unpaired) electrons. The Morgan fingerprint density at radius 1 is 1.21 bits per heavy atom. The van der Waals surface area contributed by atoms with E-state index in [1.165, 1.54) is 4.90 Å². The predicted octanol–water partition coefficient (Wildman–Crippen LogP) is 3.55. The first-order chi connectivity index (χ1) is 16.5. The van der Waals surface area contributed by atoms with Crippen molar-refractivity contribution in [3.63, 3.8) is 0 Å². The van der Waals surface area contributed by atoms with Gasteiger partial charge in [-0.1, -0.05) is 18.2 Å². The van der Waals surface area contributed by atoms with E-state index in [4.69, 9.17) is 14.2 Å². The summed E-state index contributed by atoms with van der Waals surface area (Å²) in [7, 11) is 1.63. The summed E-state index contributed by atoms with van der Waals surface area (Å²) in [4.78, 5) is 27.5. The molecule has 2 unspecified atom stereocenters. The maximum absolute atomic E-state index is 12.4. The molecule has 2 heterocycles. The number of ether oxygens (including phenoxy) is 3. The number of phenolic OH excluding ortho intramolecular Hbond substituents is 1. The van der Waals surface area contributed by atoms with E-state index in [1.807, 2.05) is 18.2 Å². The minimum Gasteiger partial charge on any atom is -0.508 e. The van der Waals surface area contributed by atoms with Gasteiger partial charge in [0.25, 0.3) is 5.91 Å². The van der Waals surface area contributed by atoms with Gasteiger partial charge < -0.3 is 29.3 Å². The molecule has 2 aromatic rings. The Kier molecular flexibility index (Phi) is 7.54. The first kappa shape index (κ1) is 23.8. The highest BCUT2D eigenvalue weighted by Crippen LogP contribution is 2.36. The van der Waals surface area contributed by atoms with Gasteiger partial charge in [-0.3, -0.25) is 9.69 Å². The summed E-state index contributed by atoms with van der Waals surface area (Å²) in [5.41, 5.74) is 2.35. The van der Waals surface area contributed by atoms with Crippen LogP contribution in [0.4, 0.5) is 10.5 Å². The number of anilines is 1. The van der Waals surface area contributed by atoms with Crippen LogP contribution in [0.2, 0.25) is 0 Å². The van der Waals surface area contributed by atoms with E-state index in [2.05, 4.69) is 0 Å². The highest BCUT2D eigenvalue weighted by Gasteiger charge is 2.36. The number of phenols is 1. The van der Waals surface area contributed by atoms with E-state index in [9.17, 15) is 19.8 Å². The summed E-state index contributed by atoms with van der Waals surface area (Å²) in [5.74, 6) is 0.677. The van der Waals surface area contributed by atoms with Crippen LogP contribution in [0.1, 0.15) is 36.4 Å². The molecule has 9 heteroatoms. The molecular formula is C25H30N2O7. The summed E-state index contributed by atoms with van der Waals surface area (Å²) in [6, 6.07) is 11.7. The number of methoxy groups -OCH3 is 1. The minimum atomic E-state index is -0.998. The molecular weight excluding hydrogens is 440 g/mol. The number of benzene rings is 2. The normalized spacial score (nSPS) is 20.1. The lowest BCUT2D eigenvalue weighted by molar-refractivity contribution is -0.121. The molecule has 2 N–H and O–H groups in total. The van der Waals surface area contributed by atoms with Gasteiger partial charge in [0.05, 0.1) is 24.4 Å². The summed E-state index contributed by atoms with van der Waals surface area (Å²) in [6.07, 6.45) is 0.781. The lowest BCUT2D eigenvalue weighted by Gasteiger charge is -2.40. The topological polar surface area (TPSA) is 109 Å². The Morgan fingerprint density at radius 3 is 2.74 bits per heavy atom. The highest BCUT2D eigenvalue weighted by atomic mass is 16.5. The lowest BCUT2D eigenvalue weighted by Crippen LogP contribution is -2.45. The molecule has 2 aromatic carbocycles. The van der Waals surface area contributed by atoms with E-state index < -0.39 is 12.1 Å². The Bertz CT molecular complexity index is 1010. The third kappa shape index (κ3) is 5.26. The van der Waals surface area contributed by atoms with Crippen molar-refractivity contribution in [3.05, 3.63) is 53.6 Å². The fourth-order valence-electron chi connectivity index (χ4n) is 4.57. The number of amides is 2. The Balaban J connectivity index is 1.52. The maximum atomic E-state index is 12.4. The smallest absolute Gasteiger partial charge is 0.407 e. The van der Waals surface area contributed by atoms with Crippen LogP contribution in [0.3, 0.4) is 0 Å². The zero-order valence-corrected chi connectivity index (χ0v) is 19.2. The molecule has 0 bridgehead atoms. The molecule has 0 aromatic heterocycles. The lowest BCUT2D eigenvalue weighted by atomic mass is 9.92. The monoisotopic (exact) mass is 470 g/mol. The average Bonchev–Trinajstić information content (AvgIpc) is 2.84. The van der Waals surface area contributed by atoms with Crippen molar-refractivity contribution in [2.24, 2.45) is 0 Å². The number of piperidine rings is 1. The first-order valence-electron chi connectivity index (χ1n) is 11.4. The minimum absolute atomic E-state index is 0.0111. The number of fused-ring (bicyclic) bond motifs is 1. The van der Waals surface area contributed by atoms with Crippen molar-refractivity contribution in [3.8, 4) is 11.5 Å². The van der Waals surface area contributed by atoms with E-state index >= 15 is 0 Å². The van der Waals surface area contributed by atoms with Crippen molar-refractivity contribution >= 4 is 17.7 Å². The number of carbonyl (C=O) groups excluding carboxylic acids is 1. The van der Waals surface area contributed by atoms with Crippen LogP contribution in [0.25, 0.3) is 0 Å². The second-order valence-corrected chi connectivity index (χ2v) is 8.49. The number of hydrogen-bond donors (Lipinski definition) is 2. The molecule has 2 aliphatic heterocycles. The Hall–Kier alpha value is -3.30. The summed E-state index contributed by atoms with van der Waals surface area (Å²) >= 11 is 0. The van der Waals surface area contributed by atoms with Crippen LogP contribution in [0.5, 0.6) is 11.5 Å². The average molecular weight is 471 g/mol. The fourth-order valence-corrected chi connectivity index (χ4v) is 4.57. The van der Waals surface area contributed by atoms with Crippen LogP contribution in [-0.2, 0) is 20.9 Å². The molecule has 34 heavy (non-hydrogen) atoms. The molecule has 182 valence electrons. The van der Waals surface area contributed by atoms with E-state index in [1.54, 1.807) is 36.3 Å². The molecule has 2 atom stereocenters.